The van der Waals surface area contributed by atoms with Crippen LogP contribution in [0.3, 0.4) is 0 Å². The molecule has 2 rings (SSSR count). The number of alkyl halides is 1. The topological polar surface area (TPSA) is 27.7 Å². The molecule has 1 heterocycles. The average molecular weight is 299 g/mol. The van der Waals surface area contributed by atoms with Crippen molar-refractivity contribution in [3.05, 3.63) is 23.3 Å². The number of methoxy groups -OCH3 is 2. The van der Waals surface area contributed by atoms with E-state index in [0.717, 1.165) is 17.1 Å². The molecule has 4 unspecified atom stereocenters. The quantitative estimate of drug-likeness (QED) is 0.785. The van der Waals surface area contributed by atoms with Gasteiger partial charge in [0.2, 0.25) is 0 Å². The number of hydrogen-bond acceptors (Lipinski definition) is 3. The van der Waals surface area contributed by atoms with Gasteiger partial charge in [0.15, 0.2) is 0 Å². The molecule has 112 valence electrons. The van der Waals surface area contributed by atoms with Crippen LogP contribution >= 0.6 is 11.6 Å². The van der Waals surface area contributed by atoms with Gasteiger partial charge in [0, 0.05) is 11.6 Å². The lowest BCUT2D eigenvalue weighted by Crippen LogP contribution is -2.15. The Bertz CT molecular complexity index is 473. The summed E-state index contributed by atoms with van der Waals surface area (Å²) in [6.45, 7) is 7.07. The van der Waals surface area contributed by atoms with E-state index < -0.39 is 0 Å². The molecule has 4 heteroatoms. The van der Waals surface area contributed by atoms with Crippen LogP contribution in [0.25, 0.3) is 0 Å². The molecule has 20 heavy (non-hydrogen) atoms. The zero-order chi connectivity index (χ0) is 14.9. The first-order valence-corrected chi connectivity index (χ1v) is 7.44. The summed E-state index contributed by atoms with van der Waals surface area (Å²) in [5, 5.41) is -0.117. The Labute approximate surface area is 126 Å². The molecule has 1 aliphatic rings. The number of ether oxygens (including phenoxy) is 3. The third kappa shape index (κ3) is 2.75. The van der Waals surface area contributed by atoms with E-state index in [-0.39, 0.29) is 11.5 Å². The number of benzene rings is 1. The molecule has 0 spiro atoms. The molecule has 0 saturated carbocycles. The van der Waals surface area contributed by atoms with Crippen molar-refractivity contribution in [2.45, 2.75) is 38.2 Å². The lowest BCUT2D eigenvalue weighted by molar-refractivity contribution is 0.0344. The summed E-state index contributed by atoms with van der Waals surface area (Å²) in [6.07, 6.45) is -0.153. The first-order chi connectivity index (χ1) is 9.49. The smallest absolute Gasteiger partial charge is 0.128 e. The van der Waals surface area contributed by atoms with Crippen LogP contribution in [0.5, 0.6) is 11.5 Å². The van der Waals surface area contributed by atoms with Gasteiger partial charge in [-0.2, -0.15) is 0 Å². The molecule has 1 aromatic carbocycles. The highest BCUT2D eigenvalue weighted by molar-refractivity contribution is 6.20. The molecule has 0 aliphatic carbocycles. The second-order valence-corrected chi connectivity index (χ2v) is 6.22. The molecule has 0 aromatic heterocycles. The fourth-order valence-corrected chi connectivity index (χ4v) is 2.94. The van der Waals surface area contributed by atoms with Crippen LogP contribution < -0.4 is 9.47 Å². The van der Waals surface area contributed by atoms with Gasteiger partial charge in [0.25, 0.3) is 0 Å². The van der Waals surface area contributed by atoms with E-state index in [9.17, 15) is 0 Å². The van der Waals surface area contributed by atoms with Crippen LogP contribution in [0.15, 0.2) is 12.1 Å². The second kappa shape index (κ2) is 6.23. The van der Waals surface area contributed by atoms with Crippen molar-refractivity contribution in [1.82, 2.24) is 0 Å². The van der Waals surface area contributed by atoms with Crippen LogP contribution in [-0.4, -0.2) is 26.2 Å². The van der Waals surface area contributed by atoms with Gasteiger partial charge in [-0.25, -0.2) is 0 Å². The Kier molecular flexibility index (Phi) is 4.82. The average Bonchev–Trinajstić information content (AvgIpc) is 2.56. The Morgan fingerprint density at radius 3 is 2.50 bits per heavy atom. The second-order valence-electron chi connectivity index (χ2n) is 5.53. The Hall–Kier alpha value is -0.930. The summed E-state index contributed by atoms with van der Waals surface area (Å²) in [5.41, 5.74) is 2.27. The zero-order valence-corrected chi connectivity index (χ0v) is 13.5. The van der Waals surface area contributed by atoms with Gasteiger partial charge in [-0.1, -0.05) is 13.8 Å². The van der Waals surface area contributed by atoms with Crippen molar-refractivity contribution in [1.29, 1.82) is 0 Å². The first-order valence-electron chi connectivity index (χ1n) is 7.01. The molecule has 0 amide bonds. The molecular formula is C16H23ClO3. The standard InChI is InChI=1S/C16H23ClO3/c1-9-8-20-16(11(3)17)15-13(10(9)2)6-12(18-4)7-14(15)19-5/h6-7,9-11,16H,8H2,1-5H3. The van der Waals surface area contributed by atoms with E-state index >= 15 is 0 Å². The predicted octanol–water partition coefficient (Wildman–Crippen LogP) is 4.14. The molecule has 0 bridgehead atoms. The maximum Gasteiger partial charge on any atom is 0.128 e. The van der Waals surface area contributed by atoms with Crippen molar-refractivity contribution in [3.8, 4) is 11.5 Å². The van der Waals surface area contributed by atoms with Crippen LogP contribution in [0.1, 0.15) is 43.9 Å². The lowest BCUT2D eigenvalue weighted by atomic mass is 9.85. The van der Waals surface area contributed by atoms with E-state index in [1.807, 2.05) is 13.0 Å². The van der Waals surface area contributed by atoms with Gasteiger partial charge >= 0.3 is 0 Å². The summed E-state index contributed by atoms with van der Waals surface area (Å²) >= 11 is 6.34. The van der Waals surface area contributed by atoms with Crippen LogP contribution in [0, 0.1) is 5.92 Å². The monoisotopic (exact) mass is 298 g/mol. The van der Waals surface area contributed by atoms with Crippen molar-refractivity contribution in [2.24, 2.45) is 5.92 Å². The maximum absolute atomic E-state index is 6.34. The van der Waals surface area contributed by atoms with E-state index in [4.69, 9.17) is 25.8 Å². The molecule has 1 aromatic rings. The fourth-order valence-electron chi connectivity index (χ4n) is 2.74. The van der Waals surface area contributed by atoms with E-state index in [2.05, 4.69) is 19.9 Å². The van der Waals surface area contributed by atoms with E-state index in [1.54, 1.807) is 14.2 Å². The van der Waals surface area contributed by atoms with Crippen molar-refractivity contribution in [2.75, 3.05) is 20.8 Å². The summed E-state index contributed by atoms with van der Waals surface area (Å²) in [7, 11) is 3.34. The van der Waals surface area contributed by atoms with Crippen LogP contribution in [-0.2, 0) is 4.74 Å². The highest BCUT2D eigenvalue weighted by Gasteiger charge is 2.33. The molecule has 4 atom stereocenters. The van der Waals surface area contributed by atoms with Crippen molar-refractivity contribution in [3.63, 3.8) is 0 Å². The summed E-state index contributed by atoms with van der Waals surface area (Å²) in [4.78, 5) is 0. The lowest BCUT2D eigenvalue weighted by Gasteiger charge is -2.24. The number of halogens is 1. The highest BCUT2D eigenvalue weighted by atomic mass is 35.5. The molecule has 1 aliphatic heterocycles. The fraction of sp³-hybridized carbons (Fsp3) is 0.625. The van der Waals surface area contributed by atoms with Gasteiger partial charge in [-0.05, 0) is 30.4 Å². The van der Waals surface area contributed by atoms with Crippen LogP contribution in [0.4, 0.5) is 0 Å². The molecule has 0 fully saturated rings. The van der Waals surface area contributed by atoms with E-state index in [0.29, 0.717) is 18.4 Å². The molecular weight excluding hydrogens is 276 g/mol. The molecule has 3 nitrogen and oxygen atoms in total. The third-order valence-corrected chi connectivity index (χ3v) is 4.42. The molecule has 0 N–H and O–H groups in total. The molecule has 0 saturated heterocycles. The van der Waals surface area contributed by atoms with E-state index in [1.165, 1.54) is 5.56 Å². The van der Waals surface area contributed by atoms with Crippen LogP contribution in [0.2, 0.25) is 0 Å². The normalized spacial score (nSPS) is 27.4. The van der Waals surface area contributed by atoms with Gasteiger partial charge in [-0.15, -0.1) is 11.6 Å². The van der Waals surface area contributed by atoms with Crippen molar-refractivity contribution >= 4 is 11.6 Å². The third-order valence-electron chi connectivity index (χ3n) is 4.19. The summed E-state index contributed by atoms with van der Waals surface area (Å²) in [5.74, 6) is 2.39. The summed E-state index contributed by atoms with van der Waals surface area (Å²) in [6, 6.07) is 3.98. The first kappa shape index (κ1) is 15.5. The Balaban J connectivity index is 2.64. The van der Waals surface area contributed by atoms with Crippen molar-refractivity contribution < 1.29 is 14.2 Å². The maximum atomic E-state index is 6.34. The van der Waals surface area contributed by atoms with Gasteiger partial charge in [-0.3, -0.25) is 0 Å². The number of hydrogen-bond donors (Lipinski definition) is 0. The summed E-state index contributed by atoms with van der Waals surface area (Å²) < 4.78 is 17.0. The Morgan fingerprint density at radius 1 is 1.25 bits per heavy atom. The zero-order valence-electron chi connectivity index (χ0n) is 12.8. The highest BCUT2D eigenvalue weighted by Crippen LogP contribution is 2.45. The Morgan fingerprint density at radius 2 is 1.95 bits per heavy atom. The largest absolute Gasteiger partial charge is 0.497 e. The van der Waals surface area contributed by atoms with Gasteiger partial charge in [0.05, 0.1) is 26.2 Å². The predicted molar refractivity (Wildman–Crippen MR) is 81.1 cm³/mol. The van der Waals surface area contributed by atoms with Gasteiger partial charge in [0.1, 0.15) is 17.6 Å². The van der Waals surface area contributed by atoms with Gasteiger partial charge < -0.3 is 14.2 Å². The minimum Gasteiger partial charge on any atom is -0.497 e. The number of rotatable bonds is 3. The minimum atomic E-state index is -0.153. The molecule has 0 radical (unpaired) electrons. The SMILES string of the molecule is COc1cc(OC)c2c(c1)C(C)C(C)COC2C(C)Cl. The minimum absolute atomic E-state index is 0.117. The number of fused-ring (bicyclic) bond motifs is 1.